The van der Waals surface area contributed by atoms with E-state index in [0.717, 1.165) is 12.1 Å². The van der Waals surface area contributed by atoms with Crippen LogP contribution < -0.4 is 9.47 Å². The molecule has 8 heteroatoms. The molecule has 0 fully saturated rings. The van der Waals surface area contributed by atoms with E-state index in [1.807, 2.05) is 49.3 Å². The second kappa shape index (κ2) is 9.25. The lowest BCUT2D eigenvalue weighted by Crippen LogP contribution is -2.19. The van der Waals surface area contributed by atoms with Gasteiger partial charge in [0, 0.05) is 17.5 Å². The zero-order chi connectivity index (χ0) is 23.6. The number of hydrogen-bond donors (Lipinski definition) is 0. The van der Waals surface area contributed by atoms with Gasteiger partial charge in [-0.25, -0.2) is 16.8 Å². The van der Waals surface area contributed by atoms with Crippen LogP contribution in [-0.4, -0.2) is 51.6 Å². The van der Waals surface area contributed by atoms with Crippen LogP contribution >= 0.6 is 0 Å². The zero-order valence-corrected chi connectivity index (χ0v) is 19.5. The fourth-order valence-corrected chi connectivity index (χ4v) is 5.16. The molecule has 0 unspecified atom stereocenters. The summed E-state index contributed by atoms with van der Waals surface area (Å²) in [5.74, 6) is 0.519. The first-order valence-electron chi connectivity index (χ1n) is 10.4. The molecular weight excluding hydrogens is 443 g/mol. The monoisotopic (exact) mass is 468 g/mol. The number of aromatic nitrogens is 1. The van der Waals surface area contributed by atoms with Gasteiger partial charge in [0.05, 0.1) is 17.5 Å². The Hall–Kier alpha value is -3.36. The van der Waals surface area contributed by atoms with Gasteiger partial charge in [0.15, 0.2) is 5.75 Å². The first-order chi connectivity index (χ1) is 15.8. The third kappa shape index (κ3) is 4.44. The van der Waals surface area contributed by atoms with Crippen LogP contribution in [0.15, 0.2) is 77.7 Å². The number of benzene rings is 3. The number of methoxy groups -OCH3 is 1. The van der Waals surface area contributed by atoms with Crippen molar-refractivity contribution in [2.24, 2.45) is 0 Å². The van der Waals surface area contributed by atoms with Gasteiger partial charge < -0.3 is 14.4 Å². The van der Waals surface area contributed by atoms with Gasteiger partial charge in [0.25, 0.3) is 10.0 Å². The minimum absolute atomic E-state index is 0.0198. The Bertz CT molecular complexity index is 1370. The second-order valence-corrected chi connectivity index (χ2v) is 9.59. The number of ether oxygens (including phenoxy) is 2. The van der Waals surface area contributed by atoms with Gasteiger partial charge in [0.2, 0.25) is 0 Å². The van der Waals surface area contributed by atoms with E-state index in [1.165, 1.54) is 16.1 Å². The summed E-state index contributed by atoms with van der Waals surface area (Å²) >= 11 is 0. The number of halogens is 1. The Morgan fingerprint density at radius 2 is 1.67 bits per heavy atom. The summed E-state index contributed by atoms with van der Waals surface area (Å²) in [5, 5.41) is 0.609. The predicted octanol–water partition coefficient (Wildman–Crippen LogP) is 4.63. The Morgan fingerprint density at radius 1 is 0.970 bits per heavy atom. The largest absolute Gasteiger partial charge is 0.497 e. The van der Waals surface area contributed by atoms with Crippen molar-refractivity contribution in [1.29, 1.82) is 0 Å². The minimum Gasteiger partial charge on any atom is -0.497 e. The van der Waals surface area contributed by atoms with Crippen LogP contribution in [0.25, 0.3) is 22.2 Å². The average Bonchev–Trinajstić information content (AvgIpc) is 3.14. The molecule has 3 aromatic carbocycles. The average molecular weight is 469 g/mol. The highest BCUT2D eigenvalue weighted by Gasteiger charge is 2.29. The zero-order valence-electron chi connectivity index (χ0n) is 18.7. The molecule has 4 aromatic rings. The summed E-state index contributed by atoms with van der Waals surface area (Å²) in [6.45, 7) is 1.01. The van der Waals surface area contributed by atoms with Crippen molar-refractivity contribution in [1.82, 2.24) is 8.87 Å². The van der Waals surface area contributed by atoms with E-state index in [9.17, 15) is 12.8 Å². The molecule has 0 aliphatic rings. The van der Waals surface area contributed by atoms with Crippen molar-refractivity contribution in [3.63, 3.8) is 0 Å². The molecule has 0 atom stereocenters. The summed E-state index contributed by atoms with van der Waals surface area (Å²) in [7, 11) is 1.35. The standard InChI is InChI=1S/C25H25FN2O4S/c1-27(2)15-16-32-25-22-17-20(31-3)11-14-23(22)28(24(25)18-7-5-4-6-8-18)33(29,30)21-12-9-19(26)10-13-21/h4-14,17H,15-16H2,1-3H3. The van der Waals surface area contributed by atoms with Gasteiger partial charge in [-0.15, -0.1) is 0 Å². The van der Waals surface area contributed by atoms with Gasteiger partial charge in [-0.1, -0.05) is 30.3 Å². The molecule has 0 aliphatic carbocycles. The van der Waals surface area contributed by atoms with E-state index >= 15 is 0 Å². The lowest BCUT2D eigenvalue weighted by atomic mass is 10.1. The van der Waals surface area contributed by atoms with Crippen LogP contribution in [0.2, 0.25) is 0 Å². The van der Waals surface area contributed by atoms with Crippen LogP contribution in [0.3, 0.4) is 0 Å². The molecule has 0 N–H and O–H groups in total. The number of fused-ring (bicyclic) bond motifs is 1. The van der Waals surface area contributed by atoms with Gasteiger partial charge in [-0.05, 0) is 56.6 Å². The van der Waals surface area contributed by atoms with E-state index < -0.39 is 15.8 Å². The Morgan fingerprint density at radius 3 is 2.30 bits per heavy atom. The molecule has 0 radical (unpaired) electrons. The highest BCUT2D eigenvalue weighted by atomic mass is 32.2. The molecule has 33 heavy (non-hydrogen) atoms. The lowest BCUT2D eigenvalue weighted by Gasteiger charge is -2.15. The number of nitrogens with zero attached hydrogens (tertiary/aromatic N) is 2. The van der Waals surface area contributed by atoms with Gasteiger partial charge in [-0.3, -0.25) is 0 Å². The maximum Gasteiger partial charge on any atom is 0.268 e. The molecule has 0 amide bonds. The summed E-state index contributed by atoms with van der Waals surface area (Å²) in [6.07, 6.45) is 0. The molecule has 1 aromatic heterocycles. The van der Waals surface area contributed by atoms with E-state index in [4.69, 9.17) is 9.47 Å². The van der Waals surface area contributed by atoms with Gasteiger partial charge >= 0.3 is 0 Å². The van der Waals surface area contributed by atoms with Crippen molar-refractivity contribution in [3.8, 4) is 22.8 Å². The number of hydrogen-bond acceptors (Lipinski definition) is 5. The topological polar surface area (TPSA) is 60.8 Å². The normalized spacial score (nSPS) is 11.8. The smallest absolute Gasteiger partial charge is 0.268 e. The fourth-order valence-electron chi connectivity index (χ4n) is 3.62. The van der Waals surface area contributed by atoms with E-state index in [-0.39, 0.29) is 4.90 Å². The third-order valence-corrected chi connectivity index (χ3v) is 7.00. The van der Waals surface area contributed by atoms with Gasteiger partial charge in [0.1, 0.15) is 23.9 Å². The lowest BCUT2D eigenvalue weighted by molar-refractivity contribution is 0.264. The van der Waals surface area contributed by atoms with Crippen LogP contribution in [-0.2, 0) is 10.0 Å². The highest BCUT2D eigenvalue weighted by Crippen LogP contribution is 2.43. The van der Waals surface area contributed by atoms with Crippen molar-refractivity contribution < 1.29 is 22.3 Å². The van der Waals surface area contributed by atoms with Crippen molar-refractivity contribution in [2.45, 2.75) is 4.90 Å². The second-order valence-electron chi connectivity index (χ2n) is 7.80. The van der Waals surface area contributed by atoms with Crippen LogP contribution in [0, 0.1) is 5.82 Å². The van der Waals surface area contributed by atoms with Crippen molar-refractivity contribution >= 4 is 20.9 Å². The number of rotatable bonds is 8. The third-order valence-electron chi connectivity index (χ3n) is 5.27. The molecule has 0 bridgehead atoms. The summed E-state index contributed by atoms with van der Waals surface area (Å²) in [5.41, 5.74) is 1.53. The van der Waals surface area contributed by atoms with Gasteiger partial charge in [-0.2, -0.15) is 0 Å². The molecule has 0 aliphatic heterocycles. The first kappa shape index (κ1) is 22.8. The Balaban J connectivity index is 2.05. The molecular formula is C25H25FN2O4S. The van der Waals surface area contributed by atoms with Crippen LogP contribution in [0.1, 0.15) is 0 Å². The van der Waals surface area contributed by atoms with E-state index in [1.54, 1.807) is 25.3 Å². The quantitative estimate of drug-likeness (QED) is 0.377. The molecule has 172 valence electrons. The molecule has 6 nitrogen and oxygen atoms in total. The van der Waals surface area contributed by atoms with E-state index in [0.29, 0.717) is 46.8 Å². The highest BCUT2D eigenvalue weighted by molar-refractivity contribution is 7.90. The molecule has 1 heterocycles. The van der Waals surface area contributed by atoms with Crippen LogP contribution in [0.5, 0.6) is 11.5 Å². The Labute approximate surface area is 192 Å². The maximum atomic E-state index is 13.8. The maximum absolute atomic E-state index is 13.8. The Kier molecular flexibility index (Phi) is 6.40. The summed E-state index contributed by atoms with van der Waals surface area (Å²) in [6, 6.07) is 19.2. The van der Waals surface area contributed by atoms with Crippen molar-refractivity contribution in [3.05, 3.63) is 78.6 Å². The molecule has 0 saturated heterocycles. The SMILES string of the molecule is COc1ccc2c(c1)c(OCCN(C)C)c(-c1ccccc1)n2S(=O)(=O)c1ccc(F)cc1. The minimum atomic E-state index is -4.08. The summed E-state index contributed by atoms with van der Waals surface area (Å²) in [4.78, 5) is 1.96. The van der Waals surface area contributed by atoms with Crippen molar-refractivity contribution in [2.75, 3.05) is 34.4 Å². The molecule has 4 rings (SSSR count). The predicted molar refractivity (Wildman–Crippen MR) is 127 cm³/mol. The number of likely N-dealkylation sites (N-methyl/N-ethyl adjacent to an activating group) is 1. The van der Waals surface area contributed by atoms with E-state index in [2.05, 4.69) is 0 Å². The summed E-state index contributed by atoms with van der Waals surface area (Å²) < 4.78 is 54.1. The first-order valence-corrected chi connectivity index (χ1v) is 11.8. The van der Waals surface area contributed by atoms with Crippen LogP contribution in [0.4, 0.5) is 4.39 Å². The molecule has 0 saturated carbocycles. The molecule has 0 spiro atoms. The fraction of sp³-hybridized carbons (Fsp3) is 0.200.